The monoisotopic (exact) mass is 189 g/mol. The van der Waals surface area contributed by atoms with E-state index in [4.69, 9.17) is 5.73 Å². The summed E-state index contributed by atoms with van der Waals surface area (Å²) in [6.07, 6.45) is 5.36. The van der Waals surface area contributed by atoms with E-state index in [0.29, 0.717) is 0 Å². The van der Waals surface area contributed by atoms with E-state index in [0.717, 1.165) is 5.92 Å². The van der Waals surface area contributed by atoms with Gasteiger partial charge in [-0.1, -0.05) is 42.7 Å². The molecule has 0 heterocycles. The average Bonchev–Trinajstić information content (AvgIpc) is 2.69. The summed E-state index contributed by atoms with van der Waals surface area (Å²) < 4.78 is 0. The Morgan fingerprint density at radius 3 is 2.64 bits per heavy atom. The zero-order chi connectivity index (χ0) is 9.97. The average molecular weight is 189 g/mol. The van der Waals surface area contributed by atoms with Crippen molar-refractivity contribution in [3.05, 3.63) is 35.4 Å². The number of hydrogen-bond acceptors (Lipinski definition) is 1. The van der Waals surface area contributed by atoms with Crippen molar-refractivity contribution in [2.24, 2.45) is 11.7 Å². The van der Waals surface area contributed by atoms with Gasteiger partial charge in [-0.3, -0.25) is 0 Å². The van der Waals surface area contributed by atoms with E-state index in [-0.39, 0.29) is 6.04 Å². The molecular formula is C13H19N. The van der Waals surface area contributed by atoms with Gasteiger partial charge < -0.3 is 5.73 Å². The highest BCUT2D eigenvalue weighted by atomic mass is 14.7. The fourth-order valence-electron chi connectivity index (χ4n) is 2.47. The Morgan fingerprint density at radius 1 is 1.29 bits per heavy atom. The number of nitrogens with two attached hydrogens (primary N) is 1. The van der Waals surface area contributed by atoms with E-state index in [2.05, 4.69) is 31.2 Å². The summed E-state index contributed by atoms with van der Waals surface area (Å²) >= 11 is 0. The van der Waals surface area contributed by atoms with Crippen LogP contribution in [0.2, 0.25) is 0 Å². The number of rotatable bonds is 2. The molecule has 1 atom stereocenters. The minimum absolute atomic E-state index is 0.261. The molecule has 0 saturated heterocycles. The Morgan fingerprint density at radius 2 is 2.00 bits per heavy atom. The van der Waals surface area contributed by atoms with Gasteiger partial charge >= 0.3 is 0 Å². The van der Waals surface area contributed by atoms with Gasteiger partial charge in [0.1, 0.15) is 0 Å². The molecule has 2 N–H and O–H groups in total. The molecule has 1 aromatic rings. The van der Waals surface area contributed by atoms with Crippen LogP contribution in [-0.2, 0) is 0 Å². The number of aryl methyl sites for hydroxylation is 1. The van der Waals surface area contributed by atoms with Crippen LogP contribution in [0.3, 0.4) is 0 Å². The minimum atomic E-state index is 0.261. The van der Waals surface area contributed by atoms with Crippen LogP contribution in [0.5, 0.6) is 0 Å². The van der Waals surface area contributed by atoms with E-state index < -0.39 is 0 Å². The highest BCUT2D eigenvalue weighted by molar-refractivity contribution is 5.25. The molecule has 1 fully saturated rings. The SMILES string of the molecule is Cc1cccc([C@H](N)C2CCCC2)c1. The van der Waals surface area contributed by atoms with Crippen molar-refractivity contribution in [2.45, 2.75) is 38.6 Å². The second kappa shape index (κ2) is 4.14. The van der Waals surface area contributed by atoms with Crippen molar-refractivity contribution in [2.75, 3.05) is 0 Å². The molecule has 14 heavy (non-hydrogen) atoms. The molecule has 0 amide bonds. The van der Waals surface area contributed by atoms with Crippen LogP contribution in [0.25, 0.3) is 0 Å². The maximum absolute atomic E-state index is 6.27. The molecule has 0 spiro atoms. The van der Waals surface area contributed by atoms with Crippen molar-refractivity contribution in [3.8, 4) is 0 Å². The first-order valence-corrected chi connectivity index (χ1v) is 5.59. The molecule has 0 unspecified atom stereocenters. The van der Waals surface area contributed by atoms with Gasteiger partial charge in [-0.25, -0.2) is 0 Å². The lowest BCUT2D eigenvalue weighted by atomic mass is 9.92. The molecule has 0 aliphatic heterocycles. The van der Waals surface area contributed by atoms with E-state index in [1.54, 1.807) is 0 Å². The molecule has 0 bridgehead atoms. The van der Waals surface area contributed by atoms with Gasteiger partial charge in [0.2, 0.25) is 0 Å². The van der Waals surface area contributed by atoms with Crippen molar-refractivity contribution in [1.82, 2.24) is 0 Å². The zero-order valence-electron chi connectivity index (χ0n) is 8.87. The fourth-order valence-corrected chi connectivity index (χ4v) is 2.47. The predicted molar refractivity (Wildman–Crippen MR) is 60.1 cm³/mol. The fraction of sp³-hybridized carbons (Fsp3) is 0.538. The van der Waals surface area contributed by atoms with Crippen molar-refractivity contribution >= 4 is 0 Å². The molecule has 0 aromatic heterocycles. The highest BCUT2D eigenvalue weighted by Gasteiger charge is 2.22. The maximum atomic E-state index is 6.27. The molecule has 1 nitrogen and oxygen atoms in total. The third kappa shape index (κ3) is 1.98. The summed E-state index contributed by atoms with van der Waals surface area (Å²) in [5.41, 5.74) is 8.90. The Labute approximate surface area is 86.3 Å². The summed E-state index contributed by atoms with van der Waals surface area (Å²) in [5.74, 6) is 0.719. The van der Waals surface area contributed by atoms with E-state index in [1.165, 1.54) is 36.8 Å². The molecule has 1 aromatic carbocycles. The van der Waals surface area contributed by atoms with Crippen LogP contribution in [0.15, 0.2) is 24.3 Å². The van der Waals surface area contributed by atoms with Gasteiger partial charge in [0.25, 0.3) is 0 Å². The molecule has 1 heteroatoms. The van der Waals surface area contributed by atoms with Crippen molar-refractivity contribution in [3.63, 3.8) is 0 Å². The first-order valence-electron chi connectivity index (χ1n) is 5.59. The maximum Gasteiger partial charge on any atom is 0.0323 e. The van der Waals surface area contributed by atoms with E-state index in [1.807, 2.05) is 0 Å². The molecular weight excluding hydrogens is 170 g/mol. The molecule has 0 radical (unpaired) electrons. The van der Waals surface area contributed by atoms with Crippen LogP contribution in [0.4, 0.5) is 0 Å². The first kappa shape index (κ1) is 9.72. The summed E-state index contributed by atoms with van der Waals surface area (Å²) in [5, 5.41) is 0. The summed E-state index contributed by atoms with van der Waals surface area (Å²) in [7, 11) is 0. The van der Waals surface area contributed by atoms with Crippen LogP contribution < -0.4 is 5.73 Å². The van der Waals surface area contributed by atoms with Crippen molar-refractivity contribution in [1.29, 1.82) is 0 Å². The molecule has 1 saturated carbocycles. The van der Waals surface area contributed by atoms with Crippen LogP contribution in [0, 0.1) is 12.8 Å². The number of hydrogen-bond donors (Lipinski definition) is 1. The third-order valence-electron chi connectivity index (χ3n) is 3.33. The Kier molecular flexibility index (Phi) is 2.87. The van der Waals surface area contributed by atoms with E-state index in [9.17, 15) is 0 Å². The molecule has 76 valence electrons. The second-order valence-electron chi connectivity index (χ2n) is 4.48. The molecule has 2 rings (SSSR count). The Bertz CT molecular complexity index is 300. The highest BCUT2D eigenvalue weighted by Crippen LogP contribution is 2.34. The predicted octanol–water partition coefficient (Wildman–Crippen LogP) is 3.19. The minimum Gasteiger partial charge on any atom is -0.324 e. The zero-order valence-corrected chi connectivity index (χ0v) is 8.87. The lowest BCUT2D eigenvalue weighted by Gasteiger charge is -2.19. The molecule has 1 aliphatic rings. The van der Waals surface area contributed by atoms with Gasteiger partial charge in [0.15, 0.2) is 0 Å². The van der Waals surface area contributed by atoms with Gasteiger partial charge in [0.05, 0.1) is 0 Å². The van der Waals surface area contributed by atoms with Crippen molar-refractivity contribution < 1.29 is 0 Å². The van der Waals surface area contributed by atoms with Crippen LogP contribution in [0.1, 0.15) is 42.9 Å². The summed E-state index contributed by atoms with van der Waals surface area (Å²) in [4.78, 5) is 0. The first-order chi connectivity index (χ1) is 6.77. The van der Waals surface area contributed by atoms with Gasteiger partial charge in [-0.15, -0.1) is 0 Å². The smallest absolute Gasteiger partial charge is 0.0323 e. The van der Waals surface area contributed by atoms with Gasteiger partial charge in [0, 0.05) is 6.04 Å². The number of benzene rings is 1. The summed E-state index contributed by atoms with van der Waals surface area (Å²) in [6, 6.07) is 8.89. The summed E-state index contributed by atoms with van der Waals surface area (Å²) in [6.45, 7) is 2.13. The van der Waals surface area contributed by atoms with E-state index >= 15 is 0 Å². The Balaban J connectivity index is 2.13. The third-order valence-corrected chi connectivity index (χ3v) is 3.33. The van der Waals surface area contributed by atoms with Crippen LogP contribution >= 0.6 is 0 Å². The topological polar surface area (TPSA) is 26.0 Å². The van der Waals surface area contributed by atoms with Crippen LogP contribution in [-0.4, -0.2) is 0 Å². The molecule has 1 aliphatic carbocycles. The Hall–Kier alpha value is -0.820. The lowest BCUT2D eigenvalue weighted by molar-refractivity contribution is 0.445. The normalized spacial score (nSPS) is 19.9. The quantitative estimate of drug-likeness (QED) is 0.759. The lowest BCUT2D eigenvalue weighted by Crippen LogP contribution is -2.19. The standard InChI is InChI=1S/C13H19N/c1-10-5-4-8-12(9-10)13(14)11-6-2-3-7-11/h4-5,8-9,11,13H,2-3,6-7,14H2,1H3/t13-/m1/s1. The van der Waals surface area contributed by atoms with Gasteiger partial charge in [-0.2, -0.15) is 0 Å². The second-order valence-corrected chi connectivity index (χ2v) is 4.48. The van der Waals surface area contributed by atoms with Gasteiger partial charge in [-0.05, 0) is 31.2 Å². The largest absolute Gasteiger partial charge is 0.324 e.